The number of carbonyl (C=O) groups excluding carboxylic acids is 1. The average molecular weight is 249 g/mol. The van der Waals surface area contributed by atoms with Crippen molar-refractivity contribution in [1.82, 2.24) is 0 Å². The molecule has 0 aliphatic heterocycles. The van der Waals surface area contributed by atoms with E-state index in [0.717, 1.165) is 16.5 Å². The van der Waals surface area contributed by atoms with E-state index >= 15 is 0 Å². The van der Waals surface area contributed by atoms with Crippen molar-refractivity contribution in [3.05, 3.63) is 29.3 Å². The fourth-order valence-corrected chi connectivity index (χ4v) is 2.82. The van der Waals surface area contributed by atoms with Crippen molar-refractivity contribution in [3.8, 4) is 0 Å². The maximum atomic E-state index is 11.8. The molecule has 0 bridgehead atoms. The lowest BCUT2D eigenvalue weighted by Crippen LogP contribution is -2.06. The molecule has 0 aliphatic carbocycles. The lowest BCUT2D eigenvalue weighted by Gasteiger charge is -2.01. The van der Waals surface area contributed by atoms with E-state index in [4.69, 9.17) is 10.5 Å². The predicted molar refractivity (Wildman–Crippen MR) is 71.6 cm³/mol. The minimum Gasteiger partial charge on any atom is -0.462 e. The van der Waals surface area contributed by atoms with Crippen LogP contribution in [0.1, 0.15) is 29.8 Å². The van der Waals surface area contributed by atoms with Gasteiger partial charge in [-0.1, -0.05) is 19.1 Å². The number of thiophene rings is 1. The number of fused-ring (bicyclic) bond motifs is 1. The lowest BCUT2D eigenvalue weighted by atomic mass is 10.1. The molecule has 4 heteroatoms. The van der Waals surface area contributed by atoms with E-state index in [1.807, 2.05) is 12.1 Å². The number of anilines is 1. The number of esters is 1. The van der Waals surface area contributed by atoms with Crippen LogP contribution in [0.2, 0.25) is 0 Å². The Bertz CT molecular complexity index is 560. The summed E-state index contributed by atoms with van der Waals surface area (Å²) in [6.07, 6.45) is 0.975. The van der Waals surface area contributed by atoms with Crippen LogP contribution in [-0.4, -0.2) is 12.6 Å². The van der Waals surface area contributed by atoms with Crippen molar-refractivity contribution in [2.45, 2.75) is 20.3 Å². The summed E-state index contributed by atoms with van der Waals surface area (Å²) < 4.78 is 6.07. The highest BCUT2D eigenvalue weighted by Crippen LogP contribution is 2.34. The van der Waals surface area contributed by atoms with E-state index in [-0.39, 0.29) is 5.97 Å². The Hall–Kier alpha value is -1.55. The first kappa shape index (κ1) is 11.9. The third-order valence-corrected chi connectivity index (χ3v) is 3.65. The molecule has 1 aromatic heterocycles. The van der Waals surface area contributed by atoms with Crippen LogP contribution in [0.3, 0.4) is 0 Å². The van der Waals surface area contributed by atoms with Gasteiger partial charge in [0.05, 0.1) is 6.61 Å². The Balaban J connectivity index is 2.56. The molecule has 1 heterocycles. The van der Waals surface area contributed by atoms with Gasteiger partial charge < -0.3 is 10.5 Å². The predicted octanol–water partition coefficient (Wildman–Crippen LogP) is 3.22. The summed E-state index contributed by atoms with van der Waals surface area (Å²) >= 11 is 1.44. The van der Waals surface area contributed by atoms with Crippen LogP contribution in [0.5, 0.6) is 0 Å². The third kappa shape index (κ3) is 2.13. The van der Waals surface area contributed by atoms with E-state index in [1.165, 1.54) is 16.9 Å². The average Bonchev–Trinajstić information content (AvgIpc) is 2.64. The van der Waals surface area contributed by atoms with Gasteiger partial charge in [0, 0.05) is 10.1 Å². The molecule has 90 valence electrons. The second-order valence-electron chi connectivity index (χ2n) is 3.75. The molecule has 1 aromatic carbocycles. The lowest BCUT2D eigenvalue weighted by molar-refractivity contribution is 0.0530. The van der Waals surface area contributed by atoms with Gasteiger partial charge in [0.25, 0.3) is 0 Å². The number of rotatable bonds is 3. The van der Waals surface area contributed by atoms with Crippen molar-refractivity contribution in [2.75, 3.05) is 12.3 Å². The minimum atomic E-state index is -0.333. The van der Waals surface area contributed by atoms with Crippen molar-refractivity contribution in [2.24, 2.45) is 0 Å². The highest BCUT2D eigenvalue weighted by atomic mass is 32.1. The van der Waals surface area contributed by atoms with Gasteiger partial charge in [-0.25, -0.2) is 4.79 Å². The quantitative estimate of drug-likeness (QED) is 0.850. The Labute approximate surface area is 104 Å². The second kappa shape index (κ2) is 4.75. The summed E-state index contributed by atoms with van der Waals surface area (Å²) in [5.74, 6) is -0.333. The summed E-state index contributed by atoms with van der Waals surface area (Å²) in [6, 6.07) is 6.06. The maximum Gasteiger partial charge on any atom is 0.341 e. The summed E-state index contributed by atoms with van der Waals surface area (Å²) in [7, 11) is 0. The van der Waals surface area contributed by atoms with Crippen LogP contribution in [0.15, 0.2) is 18.2 Å². The molecule has 0 unspecified atom stereocenters. The first-order valence-electron chi connectivity index (χ1n) is 5.65. The number of carbonyl (C=O) groups is 1. The molecule has 0 spiro atoms. The Morgan fingerprint density at radius 3 is 2.82 bits per heavy atom. The summed E-state index contributed by atoms with van der Waals surface area (Å²) in [5, 5.41) is 1.43. The first-order chi connectivity index (χ1) is 8.17. The molecule has 0 saturated carbocycles. The van der Waals surface area contributed by atoms with Crippen LogP contribution in [-0.2, 0) is 11.2 Å². The Morgan fingerprint density at radius 1 is 1.41 bits per heavy atom. The fraction of sp³-hybridized carbons (Fsp3) is 0.308. The van der Waals surface area contributed by atoms with Crippen LogP contribution < -0.4 is 5.73 Å². The zero-order chi connectivity index (χ0) is 12.4. The van der Waals surface area contributed by atoms with E-state index in [0.29, 0.717) is 17.2 Å². The minimum absolute atomic E-state index is 0.333. The number of hydrogen-bond acceptors (Lipinski definition) is 4. The van der Waals surface area contributed by atoms with E-state index in [9.17, 15) is 4.79 Å². The summed E-state index contributed by atoms with van der Waals surface area (Å²) in [4.78, 5) is 11.8. The molecule has 0 amide bonds. The maximum absolute atomic E-state index is 11.8. The van der Waals surface area contributed by atoms with Crippen molar-refractivity contribution >= 4 is 32.4 Å². The number of ether oxygens (including phenoxy) is 1. The van der Waals surface area contributed by atoms with Gasteiger partial charge in [0.1, 0.15) is 10.6 Å². The van der Waals surface area contributed by atoms with Gasteiger partial charge in [-0.15, -0.1) is 11.3 Å². The van der Waals surface area contributed by atoms with Gasteiger partial charge in [-0.3, -0.25) is 0 Å². The standard InChI is InChI=1S/C13H15NO2S/c1-3-8-5-6-9-10(7-8)17-12(14)11(9)13(15)16-4-2/h5-7H,3-4,14H2,1-2H3. The molecule has 0 saturated heterocycles. The molecule has 2 aromatic rings. The Kier molecular flexibility index (Phi) is 3.33. The molecule has 3 nitrogen and oxygen atoms in total. The number of hydrogen-bond donors (Lipinski definition) is 1. The van der Waals surface area contributed by atoms with Crippen molar-refractivity contribution in [1.29, 1.82) is 0 Å². The van der Waals surface area contributed by atoms with E-state index < -0.39 is 0 Å². The van der Waals surface area contributed by atoms with E-state index in [1.54, 1.807) is 6.92 Å². The van der Waals surface area contributed by atoms with Gasteiger partial charge in [-0.2, -0.15) is 0 Å². The van der Waals surface area contributed by atoms with Gasteiger partial charge in [-0.05, 0) is 25.0 Å². The molecule has 2 N–H and O–H groups in total. The van der Waals surface area contributed by atoms with Gasteiger partial charge >= 0.3 is 5.97 Å². The Morgan fingerprint density at radius 2 is 2.18 bits per heavy atom. The molecular weight excluding hydrogens is 234 g/mol. The SMILES string of the molecule is CCOC(=O)c1c(N)sc2cc(CC)ccc12. The molecule has 17 heavy (non-hydrogen) atoms. The van der Waals surface area contributed by atoms with Gasteiger partial charge in [0.2, 0.25) is 0 Å². The van der Waals surface area contributed by atoms with Crippen LogP contribution in [0.4, 0.5) is 5.00 Å². The molecule has 0 aliphatic rings. The van der Waals surface area contributed by atoms with Crippen molar-refractivity contribution in [3.63, 3.8) is 0 Å². The number of nitrogens with two attached hydrogens (primary N) is 1. The molecule has 0 radical (unpaired) electrons. The van der Waals surface area contributed by atoms with Crippen LogP contribution >= 0.6 is 11.3 Å². The summed E-state index contributed by atoms with van der Waals surface area (Å²) in [5.41, 5.74) is 7.65. The van der Waals surface area contributed by atoms with Gasteiger partial charge in [0.15, 0.2) is 0 Å². The largest absolute Gasteiger partial charge is 0.462 e. The number of benzene rings is 1. The first-order valence-corrected chi connectivity index (χ1v) is 6.47. The van der Waals surface area contributed by atoms with Crippen LogP contribution in [0, 0.1) is 0 Å². The van der Waals surface area contributed by atoms with E-state index in [2.05, 4.69) is 13.0 Å². The molecular formula is C13H15NO2S. The zero-order valence-electron chi connectivity index (χ0n) is 9.95. The fourth-order valence-electron chi connectivity index (χ4n) is 1.79. The third-order valence-electron chi connectivity index (χ3n) is 2.67. The molecule has 0 fully saturated rings. The smallest absolute Gasteiger partial charge is 0.341 e. The number of nitrogen functional groups attached to an aromatic ring is 1. The molecule has 2 rings (SSSR count). The monoisotopic (exact) mass is 249 g/mol. The topological polar surface area (TPSA) is 52.3 Å². The zero-order valence-corrected chi connectivity index (χ0v) is 10.8. The summed E-state index contributed by atoms with van der Waals surface area (Å²) in [6.45, 7) is 4.25. The molecule has 0 atom stereocenters. The normalized spacial score (nSPS) is 10.7. The highest BCUT2D eigenvalue weighted by Gasteiger charge is 2.18. The van der Waals surface area contributed by atoms with Crippen LogP contribution in [0.25, 0.3) is 10.1 Å². The number of aryl methyl sites for hydroxylation is 1. The highest BCUT2D eigenvalue weighted by molar-refractivity contribution is 7.23. The second-order valence-corrected chi connectivity index (χ2v) is 4.83. The van der Waals surface area contributed by atoms with Crippen molar-refractivity contribution < 1.29 is 9.53 Å².